The van der Waals surface area contributed by atoms with Crippen molar-refractivity contribution >= 4 is 29.1 Å². The Kier molecular flexibility index (Phi) is 4.31. The van der Waals surface area contributed by atoms with Crippen LogP contribution in [0.2, 0.25) is 10.0 Å². The Bertz CT molecular complexity index is 631. The zero-order chi connectivity index (χ0) is 16.8. The summed E-state index contributed by atoms with van der Waals surface area (Å²) in [6, 6.07) is 5.35. The molecule has 2 atom stereocenters. The zero-order valence-corrected chi connectivity index (χ0v) is 15.4. The number of likely N-dealkylation sites (tertiary alicyclic amines) is 1. The van der Waals surface area contributed by atoms with E-state index in [0.29, 0.717) is 27.3 Å². The van der Waals surface area contributed by atoms with Gasteiger partial charge in [0.05, 0.1) is 5.02 Å². The van der Waals surface area contributed by atoms with E-state index >= 15 is 0 Å². The van der Waals surface area contributed by atoms with Crippen LogP contribution in [0.3, 0.4) is 0 Å². The molecule has 1 aliphatic heterocycles. The summed E-state index contributed by atoms with van der Waals surface area (Å²) < 4.78 is 5.62. The number of ether oxygens (including phenoxy) is 1. The van der Waals surface area contributed by atoms with Crippen LogP contribution in [0.1, 0.15) is 40.0 Å². The van der Waals surface area contributed by atoms with Gasteiger partial charge in [-0.25, -0.2) is 0 Å². The molecule has 23 heavy (non-hydrogen) atoms. The van der Waals surface area contributed by atoms with E-state index in [-0.39, 0.29) is 17.9 Å². The van der Waals surface area contributed by atoms with Gasteiger partial charge in [0.15, 0.2) is 6.61 Å². The van der Waals surface area contributed by atoms with Crippen molar-refractivity contribution in [3.05, 3.63) is 28.2 Å². The molecule has 1 aliphatic carbocycles. The maximum absolute atomic E-state index is 12.6. The molecule has 0 N–H and O–H groups in total. The van der Waals surface area contributed by atoms with Crippen LogP contribution in [-0.4, -0.2) is 30.0 Å². The molecular formula is C18H23Cl2NO2. The average Bonchev–Trinajstić information content (AvgIpc) is 2.68. The Morgan fingerprint density at radius 3 is 2.78 bits per heavy atom. The molecule has 1 saturated carbocycles. The number of hydrogen-bond acceptors (Lipinski definition) is 2. The Morgan fingerprint density at radius 2 is 2.04 bits per heavy atom. The summed E-state index contributed by atoms with van der Waals surface area (Å²) >= 11 is 12.0. The van der Waals surface area contributed by atoms with E-state index in [1.165, 1.54) is 6.42 Å². The molecule has 1 aromatic carbocycles. The van der Waals surface area contributed by atoms with Gasteiger partial charge in [-0.05, 0) is 42.2 Å². The monoisotopic (exact) mass is 355 g/mol. The number of halogens is 2. The molecule has 3 rings (SSSR count). The molecule has 1 saturated heterocycles. The molecule has 1 amide bonds. The number of benzene rings is 1. The first-order valence-electron chi connectivity index (χ1n) is 8.05. The third-order valence-electron chi connectivity index (χ3n) is 4.98. The molecule has 0 radical (unpaired) electrons. The van der Waals surface area contributed by atoms with E-state index in [9.17, 15) is 4.79 Å². The maximum Gasteiger partial charge on any atom is 0.260 e. The van der Waals surface area contributed by atoms with Crippen LogP contribution in [0.4, 0.5) is 0 Å². The van der Waals surface area contributed by atoms with Crippen molar-refractivity contribution in [3.8, 4) is 5.75 Å². The molecule has 0 aromatic heterocycles. The minimum atomic E-state index is 0.00701. The highest BCUT2D eigenvalue weighted by molar-refractivity contribution is 6.34. The van der Waals surface area contributed by atoms with Crippen molar-refractivity contribution in [1.29, 1.82) is 0 Å². The van der Waals surface area contributed by atoms with E-state index in [1.807, 2.05) is 4.90 Å². The first kappa shape index (κ1) is 16.9. The van der Waals surface area contributed by atoms with Gasteiger partial charge in [-0.1, -0.05) is 44.0 Å². The summed E-state index contributed by atoms with van der Waals surface area (Å²) in [4.78, 5) is 14.6. The van der Waals surface area contributed by atoms with Crippen molar-refractivity contribution in [2.75, 3.05) is 13.2 Å². The molecule has 126 valence electrons. The molecule has 0 unspecified atom stereocenters. The Balaban J connectivity index is 1.66. The van der Waals surface area contributed by atoms with E-state index in [2.05, 4.69) is 20.8 Å². The van der Waals surface area contributed by atoms with Gasteiger partial charge in [-0.2, -0.15) is 0 Å². The summed E-state index contributed by atoms with van der Waals surface area (Å²) in [5.41, 5.74) is 0.527. The molecule has 2 bridgehead atoms. The molecule has 1 heterocycles. The van der Waals surface area contributed by atoms with Crippen molar-refractivity contribution < 1.29 is 9.53 Å². The van der Waals surface area contributed by atoms with E-state index in [0.717, 1.165) is 19.4 Å². The Hall–Kier alpha value is -0.930. The predicted octanol–water partition coefficient (Wildman–Crippen LogP) is 4.80. The number of nitrogens with zero attached hydrogens (tertiary/aromatic N) is 1. The molecule has 3 nitrogen and oxygen atoms in total. The molecule has 2 fully saturated rings. The lowest BCUT2D eigenvalue weighted by Gasteiger charge is -2.39. The first-order valence-corrected chi connectivity index (χ1v) is 8.80. The second-order valence-electron chi connectivity index (χ2n) is 8.10. The summed E-state index contributed by atoms with van der Waals surface area (Å²) in [6.45, 7) is 7.73. The Labute approximate surface area is 147 Å². The molecular weight excluding hydrogens is 333 g/mol. The summed E-state index contributed by atoms with van der Waals surface area (Å²) in [5, 5.41) is 1.01. The van der Waals surface area contributed by atoms with Crippen LogP contribution in [0, 0.1) is 10.8 Å². The van der Waals surface area contributed by atoms with Crippen LogP contribution in [0.25, 0.3) is 0 Å². The summed E-state index contributed by atoms with van der Waals surface area (Å²) in [7, 11) is 0. The third kappa shape index (κ3) is 3.61. The Morgan fingerprint density at radius 1 is 1.30 bits per heavy atom. The first-order chi connectivity index (χ1) is 10.7. The summed E-state index contributed by atoms with van der Waals surface area (Å²) in [5.74, 6) is 0.494. The van der Waals surface area contributed by atoms with Crippen LogP contribution in [0.5, 0.6) is 5.75 Å². The second-order valence-corrected chi connectivity index (χ2v) is 8.94. The van der Waals surface area contributed by atoms with Gasteiger partial charge in [0, 0.05) is 23.7 Å². The van der Waals surface area contributed by atoms with E-state index in [4.69, 9.17) is 27.9 Å². The smallest absolute Gasteiger partial charge is 0.260 e. The van der Waals surface area contributed by atoms with Gasteiger partial charge in [-0.3, -0.25) is 4.79 Å². The average molecular weight is 356 g/mol. The number of amides is 1. The van der Waals surface area contributed by atoms with Gasteiger partial charge in [0.25, 0.3) is 5.91 Å². The minimum Gasteiger partial charge on any atom is -0.482 e. The van der Waals surface area contributed by atoms with Crippen LogP contribution >= 0.6 is 23.2 Å². The number of carbonyl (C=O) groups excluding carboxylic acids is 1. The lowest BCUT2D eigenvalue weighted by molar-refractivity contribution is -0.134. The fourth-order valence-corrected chi connectivity index (χ4v) is 4.90. The normalized spacial score (nSPS) is 28.7. The van der Waals surface area contributed by atoms with Crippen LogP contribution in [0.15, 0.2) is 18.2 Å². The molecule has 2 aliphatic rings. The quantitative estimate of drug-likeness (QED) is 0.779. The number of fused-ring (bicyclic) bond motifs is 2. The largest absolute Gasteiger partial charge is 0.482 e. The minimum absolute atomic E-state index is 0.00701. The van der Waals surface area contributed by atoms with Crippen LogP contribution < -0.4 is 4.74 Å². The zero-order valence-electron chi connectivity index (χ0n) is 13.9. The summed E-state index contributed by atoms with van der Waals surface area (Å²) in [6.07, 6.45) is 3.33. The van der Waals surface area contributed by atoms with Gasteiger partial charge in [0.2, 0.25) is 0 Å². The van der Waals surface area contributed by atoms with E-state index < -0.39 is 0 Å². The van der Waals surface area contributed by atoms with Gasteiger partial charge in [-0.15, -0.1) is 0 Å². The van der Waals surface area contributed by atoms with Crippen molar-refractivity contribution in [1.82, 2.24) is 4.90 Å². The molecule has 1 aromatic rings. The number of carbonyl (C=O) groups is 1. The number of hydrogen-bond donors (Lipinski definition) is 0. The lowest BCUT2D eigenvalue weighted by Crippen LogP contribution is -2.40. The second kappa shape index (κ2) is 5.86. The molecule has 5 heteroatoms. The van der Waals surface area contributed by atoms with Crippen molar-refractivity contribution in [2.24, 2.45) is 10.8 Å². The standard InChI is InChI=1S/C18H23Cl2NO2/c1-17(2)7-13-8-18(3,10-17)11-21(13)16(22)9-23-15-6-12(19)4-5-14(15)20/h4-6,13H,7-11H2,1-3H3/t13-,18+/m1/s1. The lowest BCUT2D eigenvalue weighted by atomic mass is 9.65. The fraction of sp³-hybridized carbons (Fsp3) is 0.611. The van der Waals surface area contributed by atoms with Crippen molar-refractivity contribution in [2.45, 2.75) is 46.1 Å². The van der Waals surface area contributed by atoms with E-state index in [1.54, 1.807) is 18.2 Å². The molecule has 0 spiro atoms. The fourth-order valence-electron chi connectivity index (χ4n) is 4.56. The highest BCUT2D eigenvalue weighted by Crippen LogP contribution is 2.52. The van der Waals surface area contributed by atoms with Gasteiger partial charge in [0.1, 0.15) is 5.75 Å². The maximum atomic E-state index is 12.6. The van der Waals surface area contributed by atoms with Crippen molar-refractivity contribution in [3.63, 3.8) is 0 Å². The van der Waals surface area contributed by atoms with Crippen LogP contribution in [-0.2, 0) is 4.79 Å². The van der Waals surface area contributed by atoms with Gasteiger partial charge < -0.3 is 9.64 Å². The highest BCUT2D eigenvalue weighted by Gasteiger charge is 2.50. The highest BCUT2D eigenvalue weighted by atomic mass is 35.5. The van der Waals surface area contributed by atoms with Gasteiger partial charge >= 0.3 is 0 Å². The third-order valence-corrected chi connectivity index (χ3v) is 5.53. The predicted molar refractivity (Wildman–Crippen MR) is 93.2 cm³/mol. The topological polar surface area (TPSA) is 29.5 Å². The number of rotatable bonds is 3. The SMILES string of the molecule is CC1(C)C[C@@H]2C[C@](C)(CN2C(=O)COc2cc(Cl)ccc2Cl)C1.